The number of amides is 3. The van der Waals surface area contributed by atoms with E-state index in [2.05, 4.69) is 17.0 Å². The number of allylic oxidation sites excluding steroid dienone is 2. The highest BCUT2D eigenvalue weighted by Crippen LogP contribution is 2.34. The largest absolute Gasteiger partial charge is 0.339 e. The zero-order chi connectivity index (χ0) is 18.8. The van der Waals surface area contributed by atoms with Crippen molar-refractivity contribution in [2.75, 3.05) is 32.7 Å². The van der Waals surface area contributed by atoms with Crippen molar-refractivity contribution >= 4 is 17.7 Å². The molecule has 2 heterocycles. The van der Waals surface area contributed by atoms with Gasteiger partial charge in [-0.1, -0.05) is 42.5 Å². The zero-order valence-corrected chi connectivity index (χ0v) is 15.4. The average molecular weight is 367 g/mol. The second kappa shape index (κ2) is 7.64. The van der Waals surface area contributed by atoms with Gasteiger partial charge in [0.15, 0.2) is 0 Å². The number of carbonyl (C=O) groups is 3. The highest BCUT2D eigenvalue weighted by atomic mass is 16.2. The van der Waals surface area contributed by atoms with Crippen LogP contribution in [-0.4, -0.2) is 65.1 Å². The molecule has 0 aromatic heterocycles. The van der Waals surface area contributed by atoms with Gasteiger partial charge in [-0.3, -0.25) is 24.2 Å². The molecule has 2 saturated heterocycles. The number of fused-ring (bicyclic) bond motifs is 1. The Morgan fingerprint density at radius 1 is 0.889 bits per heavy atom. The van der Waals surface area contributed by atoms with Gasteiger partial charge in [-0.2, -0.15) is 0 Å². The Balaban J connectivity index is 1.30. The number of piperazine rings is 1. The molecule has 2 fully saturated rings. The summed E-state index contributed by atoms with van der Waals surface area (Å²) in [6.45, 7) is 3.65. The molecular weight excluding hydrogens is 342 g/mol. The van der Waals surface area contributed by atoms with E-state index in [1.54, 1.807) is 4.90 Å². The lowest BCUT2D eigenvalue weighted by Gasteiger charge is -2.35. The molecule has 2 atom stereocenters. The van der Waals surface area contributed by atoms with Gasteiger partial charge in [0.2, 0.25) is 17.7 Å². The summed E-state index contributed by atoms with van der Waals surface area (Å²) in [4.78, 5) is 43.0. The summed E-state index contributed by atoms with van der Waals surface area (Å²) in [6, 6.07) is 10.3. The van der Waals surface area contributed by atoms with Crippen LogP contribution in [0.4, 0.5) is 0 Å². The van der Waals surface area contributed by atoms with E-state index in [1.165, 1.54) is 10.5 Å². The average Bonchev–Trinajstić information content (AvgIpc) is 2.94. The van der Waals surface area contributed by atoms with Gasteiger partial charge in [-0.25, -0.2) is 0 Å². The van der Waals surface area contributed by atoms with Crippen LogP contribution in [0, 0.1) is 11.8 Å². The molecule has 1 aromatic rings. The molecule has 0 saturated carbocycles. The van der Waals surface area contributed by atoms with E-state index >= 15 is 0 Å². The Hall–Kier alpha value is -2.47. The van der Waals surface area contributed by atoms with E-state index < -0.39 is 0 Å². The monoisotopic (exact) mass is 367 g/mol. The molecule has 3 aliphatic rings. The van der Waals surface area contributed by atoms with Crippen molar-refractivity contribution in [3.05, 3.63) is 48.0 Å². The molecule has 2 aliphatic heterocycles. The molecule has 0 unspecified atom stereocenters. The van der Waals surface area contributed by atoms with E-state index in [1.807, 2.05) is 30.4 Å². The molecule has 0 spiro atoms. The van der Waals surface area contributed by atoms with Crippen molar-refractivity contribution < 1.29 is 14.4 Å². The van der Waals surface area contributed by atoms with Crippen LogP contribution in [0.1, 0.15) is 18.4 Å². The fourth-order valence-electron chi connectivity index (χ4n) is 4.26. The maximum absolute atomic E-state index is 12.7. The van der Waals surface area contributed by atoms with Crippen LogP contribution in [0.5, 0.6) is 0 Å². The second-order valence-corrected chi connectivity index (χ2v) is 7.56. The summed E-state index contributed by atoms with van der Waals surface area (Å²) in [7, 11) is 0. The molecule has 0 N–H and O–H groups in total. The van der Waals surface area contributed by atoms with Gasteiger partial charge in [0.05, 0.1) is 11.8 Å². The third kappa shape index (κ3) is 3.67. The molecule has 6 nitrogen and oxygen atoms in total. The lowest BCUT2D eigenvalue weighted by Crippen LogP contribution is -2.51. The third-order valence-electron chi connectivity index (χ3n) is 5.87. The van der Waals surface area contributed by atoms with E-state index in [0.29, 0.717) is 25.9 Å². The topological polar surface area (TPSA) is 60.9 Å². The van der Waals surface area contributed by atoms with Gasteiger partial charge in [-0.15, -0.1) is 0 Å². The predicted molar refractivity (Wildman–Crippen MR) is 100 cm³/mol. The van der Waals surface area contributed by atoms with Crippen LogP contribution >= 0.6 is 0 Å². The predicted octanol–water partition coefficient (Wildman–Crippen LogP) is 1.28. The molecule has 4 rings (SSSR count). The SMILES string of the molecule is O=C(CN1C(=O)[C@H]2CC=CC[C@@H]2C1=O)N1CCN(Cc2ccccc2)CC1. The van der Waals surface area contributed by atoms with Crippen LogP contribution < -0.4 is 0 Å². The molecule has 1 aromatic carbocycles. The Morgan fingerprint density at radius 3 is 2.07 bits per heavy atom. The van der Waals surface area contributed by atoms with E-state index in [-0.39, 0.29) is 36.1 Å². The third-order valence-corrected chi connectivity index (χ3v) is 5.87. The minimum Gasteiger partial charge on any atom is -0.339 e. The smallest absolute Gasteiger partial charge is 0.242 e. The van der Waals surface area contributed by atoms with Gasteiger partial charge in [0.1, 0.15) is 6.54 Å². The lowest BCUT2D eigenvalue weighted by molar-refractivity contribution is -0.147. The number of hydrogen-bond donors (Lipinski definition) is 0. The van der Waals surface area contributed by atoms with Crippen molar-refractivity contribution in [1.29, 1.82) is 0 Å². The number of nitrogens with zero attached hydrogens (tertiary/aromatic N) is 3. The van der Waals surface area contributed by atoms with Crippen molar-refractivity contribution in [1.82, 2.24) is 14.7 Å². The molecule has 142 valence electrons. The minimum absolute atomic E-state index is 0.108. The molecule has 0 bridgehead atoms. The first-order valence-corrected chi connectivity index (χ1v) is 9.68. The number of likely N-dealkylation sites (tertiary alicyclic amines) is 1. The molecule has 3 amide bonds. The van der Waals surface area contributed by atoms with Crippen LogP contribution in [0.15, 0.2) is 42.5 Å². The Bertz CT molecular complexity index is 727. The summed E-state index contributed by atoms with van der Waals surface area (Å²) in [5.74, 6) is -1.01. The fourth-order valence-corrected chi connectivity index (χ4v) is 4.26. The van der Waals surface area contributed by atoms with Crippen molar-refractivity contribution in [3.8, 4) is 0 Å². The number of carbonyl (C=O) groups excluding carboxylic acids is 3. The van der Waals surface area contributed by atoms with E-state index in [9.17, 15) is 14.4 Å². The summed E-state index contributed by atoms with van der Waals surface area (Å²) >= 11 is 0. The Kier molecular flexibility index (Phi) is 5.07. The van der Waals surface area contributed by atoms with E-state index in [0.717, 1.165) is 19.6 Å². The van der Waals surface area contributed by atoms with E-state index in [4.69, 9.17) is 0 Å². The van der Waals surface area contributed by atoms with Gasteiger partial charge in [-0.05, 0) is 18.4 Å². The van der Waals surface area contributed by atoms with Crippen LogP contribution in [0.25, 0.3) is 0 Å². The second-order valence-electron chi connectivity index (χ2n) is 7.56. The first kappa shape index (κ1) is 17.9. The van der Waals surface area contributed by atoms with Crippen molar-refractivity contribution in [3.63, 3.8) is 0 Å². The maximum atomic E-state index is 12.7. The number of benzene rings is 1. The zero-order valence-electron chi connectivity index (χ0n) is 15.4. The first-order valence-electron chi connectivity index (χ1n) is 9.68. The van der Waals surface area contributed by atoms with Crippen LogP contribution in [-0.2, 0) is 20.9 Å². The summed E-state index contributed by atoms with van der Waals surface area (Å²) in [5, 5.41) is 0. The summed E-state index contributed by atoms with van der Waals surface area (Å²) < 4.78 is 0. The quantitative estimate of drug-likeness (QED) is 0.594. The maximum Gasteiger partial charge on any atom is 0.242 e. The highest BCUT2D eigenvalue weighted by Gasteiger charge is 2.47. The van der Waals surface area contributed by atoms with Gasteiger partial charge in [0, 0.05) is 32.7 Å². The normalized spacial score (nSPS) is 25.8. The van der Waals surface area contributed by atoms with Gasteiger partial charge in [0.25, 0.3) is 0 Å². The van der Waals surface area contributed by atoms with Gasteiger partial charge < -0.3 is 4.90 Å². The standard InChI is InChI=1S/C21H25N3O3/c25-19(15-24-20(26)17-8-4-5-9-18(17)21(24)27)23-12-10-22(11-13-23)14-16-6-2-1-3-7-16/h1-7,17-18H,8-15H2/t17-,18-/m0/s1. The lowest BCUT2D eigenvalue weighted by atomic mass is 9.85. The number of imide groups is 1. The molecule has 27 heavy (non-hydrogen) atoms. The summed E-state index contributed by atoms with van der Waals surface area (Å²) in [5.41, 5.74) is 1.27. The van der Waals surface area contributed by atoms with Gasteiger partial charge >= 0.3 is 0 Å². The minimum atomic E-state index is -0.266. The van der Waals surface area contributed by atoms with Crippen LogP contribution in [0.3, 0.4) is 0 Å². The molecular formula is C21H25N3O3. The molecule has 1 aliphatic carbocycles. The Labute approximate surface area is 159 Å². The Morgan fingerprint density at radius 2 is 1.48 bits per heavy atom. The molecule has 6 heteroatoms. The number of hydrogen-bond acceptors (Lipinski definition) is 4. The highest BCUT2D eigenvalue weighted by molar-refractivity contribution is 6.07. The number of rotatable bonds is 4. The van der Waals surface area contributed by atoms with Crippen LogP contribution in [0.2, 0.25) is 0 Å². The van der Waals surface area contributed by atoms with Crippen molar-refractivity contribution in [2.24, 2.45) is 11.8 Å². The fraction of sp³-hybridized carbons (Fsp3) is 0.476. The molecule has 0 radical (unpaired) electrons. The first-order chi connectivity index (χ1) is 13.1. The summed E-state index contributed by atoms with van der Waals surface area (Å²) in [6.07, 6.45) is 5.14. The van der Waals surface area contributed by atoms with Crippen molar-refractivity contribution in [2.45, 2.75) is 19.4 Å².